The van der Waals surface area contributed by atoms with E-state index in [1.807, 2.05) is 0 Å². The molecule has 595 valence electrons. The first-order valence-corrected chi connectivity index (χ1v) is 35.2. The van der Waals surface area contributed by atoms with Crippen LogP contribution in [0.2, 0.25) is 0 Å². The second kappa shape index (κ2) is 42.3. The van der Waals surface area contributed by atoms with Crippen LogP contribution < -0.4 is 42.5 Å². The number of para-hydroxylation sites is 2. The number of nitrogens with one attached hydrogen (secondary N) is 8. The molecule has 0 saturated carbocycles. The number of alkyl halides is 4. The van der Waals surface area contributed by atoms with E-state index < -0.39 is 190 Å². The molecule has 7 rings (SSSR count). The second-order valence-corrected chi connectivity index (χ2v) is 27.0. The largest absolute Gasteiger partial charge is 0.480 e. The third-order valence-electron chi connectivity index (χ3n) is 18.7. The van der Waals surface area contributed by atoms with Crippen LogP contribution in [0.5, 0.6) is 0 Å². The van der Waals surface area contributed by atoms with Crippen molar-refractivity contribution in [1.29, 1.82) is 10.5 Å². The standard InChI is InChI=1S/C70H86F4N18O18.Ac/c1-92(30-28-88(39-61(102)103)26-24-87(38-60(100)101)25-27-89(29-31-92)40-62(104)105)52(68(109)110)11-12-53(93)78-22-23-81-67(108)51(86-57(97)16-15-56(96)85-50-10-5-7-46-48(18-21-80-64(46)50)66(107)83-37-59(99)91-42-70(73,74)33-44(91)35-76)8-2-3-19-77-54(94)13-14-55(95)84-49-9-4-6-45-47(17-20-79-63(45)49)65(106)82-36-58(98)90-41-69(71,72)32-43(90)34-75;/h4-7,9-10,17-18,20-21,43-44,51-52H,2-3,8,11-16,19,22-33,36-42H2,1H3,(H11-,77,78,81,82,83,84,85,86,93,94,95,96,97,100,101,102,103,104,105,106,107,108,109,110);/p+1/t43-,44-,51?,52?;/m0./s1/i;1-2. The first-order valence-electron chi connectivity index (χ1n) is 35.2. The Morgan fingerprint density at radius 1 is 0.532 bits per heavy atom. The van der Waals surface area contributed by atoms with Crippen LogP contribution >= 0.6 is 0 Å². The SMILES string of the molecule is C[N+]1(C(CCC(=O)NCCNC(=O)C(CCCCNC(=O)CCC(=O)Nc2cccc3c(C(=O)NCC(=O)N4CC(F)(F)C[C@H]4C#N)ccnc23)NC(=O)CCC(=O)Nc2cccc3c(C(=O)NCC(=O)N4CC(F)(F)C[C@H]4C#N)ccnc23)C(=O)O)CCN(CC(=O)O)CCN(CC(=O)O)CCN(CC(=O)O)CC1.[225Ac]. The molecule has 10 amide bonds. The van der Waals surface area contributed by atoms with Crippen LogP contribution in [-0.4, -0.2) is 303 Å². The Bertz CT molecular complexity index is 4180. The number of aromatic nitrogens is 2. The number of nitrogens with zero attached hydrogens (tertiary/aromatic N) is 10. The Kier molecular flexibility index (Phi) is 34.2. The van der Waals surface area contributed by atoms with Crippen LogP contribution in [0.25, 0.3) is 21.8 Å². The van der Waals surface area contributed by atoms with Crippen LogP contribution in [0.1, 0.15) is 91.3 Å². The number of anilines is 2. The zero-order valence-electron chi connectivity index (χ0n) is 60.7. The van der Waals surface area contributed by atoms with E-state index in [1.165, 1.54) is 60.9 Å². The van der Waals surface area contributed by atoms with Crippen molar-refractivity contribution >= 4 is 116 Å². The van der Waals surface area contributed by atoms with Gasteiger partial charge in [-0.2, -0.15) is 10.5 Å². The third kappa shape index (κ3) is 27.7. The Labute approximate surface area is 668 Å². The number of quaternary nitrogens is 1. The summed E-state index contributed by atoms with van der Waals surface area (Å²) in [5.74, 6) is -18.7. The van der Waals surface area contributed by atoms with E-state index in [9.17, 15) is 116 Å². The molecule has 0 aliphatic carbocycles. The summed E-state index contributed by atoms with van der Waals surface area (Å²) in [7, 11) is 1.61. The fourth-order valence-corrected chi connectivity index (χ4v) is 12.9. The van der Waals surface area contributed by atoms with Gasteiger partial charge in [0.2, 0.25) is 47.3 Å². The number of carboxylic acid groups (broad SMARTS) is 4. The molecule has 1 radical (unpaired) electrons. The number of aliphatic carboxylic acids is 4. The molecule has 4 aromatic rings. The smallest absolute Gasteiger partial charge is 0.362 e. The molecule has 5 heterocycles. The summed E-state index contributed by atoms with van der Waals surface area (Å²) in [4.78, 5) is 196. The fourth-order valence-electron chi connectivity index (χ4n) is 12.9. The molecule has 3 aliphatic heterocycles. The maximum absolute atomic E-state index is 14.0. The van der Waals surface area contributed by atoms with Crippen molar-refractivity contribution in [2.75, 3.05) is 135 Å². The van der Waals surface area contributed by atoms with Crippen LogP contribution in [0.4, 0.5) is 28.9 Å². The van der Waals surface area contributed by atoms with E-state index in [4.69, 9.17) is 0 Å². The van der Waals surface area contributed by atoms with Gasteiger partial charge in [-0.15, -0.1) is 0 Å². The van der Waals surface area contributed by atoms with Crippen LogP contribution in [0.3, 0.4) is 0 Å². The number of carboxylic acids is 4. The summed E-state index contributed by atoms with van der Waals surface area (Å²) in [6.07, 6.45) is -0.954. The van der Waals surface area contributed by atoms with Gasteiger partial charge < -0.3 is 77.2 Å². The zero-order chi connectivity index (χ0) is 80.5. The summed E-state index contributed by atoms with van der Waals surface area (Å²) >= 11 is 0. The van der Waals surface area contributed by atoms with Crippen LogP contribution in [0.15, 0.2) is 60.9 Å². The molecule has 4 atom stereocenters. The van der Waals surface area contributed by atoms with Gasteiger partial charge in [-0.1, -0.05) is 24.3 Å². The number of halogens is 4. The predicted octanol–water partition coefficient (Wildman–Crippen LogP) is -0.243. The van der Waals surface area contributed by atoms with Crippen molar-refractivity contribution < 1.29 is 154 Å². The van der Waals surface area contributed by atoms with Gasteiger partial charge in [-0.3, -0.25) is 87.0 Å². The second-order valence-electron chi connectivity index (χ2n) is 27.0. The molecule has 36 nitrogen and oxygen atoms in total. The van der Waals surface area contributed by atoms with E-state index in [-0.39, 0.29) is 210 Å². The van der Waals surface area contributed by atoms with Gasteiger partial charge in [0.15, 0.2) is 6.04 Å². The van der Waals surface area contributed by atoms with E-state index in [1.54, 1.807) is 33.9 Å². The van der Waals surface area contributed by atoms with E-state index in [2.05, 4.69) is 52.5 Å². The minimum Gasteiger partial charge on any atom is -0.480 e. The summed E-state index contributed by atoms with van der Waals surface area (Å²) in [6, 6.07) is 9.63. The number of fused-ring (bicyclic) bond motifs is 2. The molecule has 0 spiro atoms. The molecule has 41 heteroatoms. The first kappa shape index (κ1) is 89.7. The monoisotopic (exact) mass is 1770 g/mol. The Balaban J connectivity index is 0.0000192. The number of carbonyl (C=O) groups excluding carboxylic acids is 10. The van der Waals surface area contributed by atoms with Crippen molar-refractivity contribution in [3.8, 4) is 12.1 Å². The number of likely N-dealkylation sites (N-methyl/N-ethyl adjacent to an activating group) is 1. The number of hydrogen-bond donors (Lipinski definition) is 12. The summed E-state index contributed by atoms with van der Waals surface area (Å²) in [6.45, 7) is -4.52. The van der Waals surface area contributed by atoms with Crippen molar-refractivity contribution in [2.24, 2.45) is 0 Å². The number of carbonyl (C=O) groups is 14. The summed E-state index contributed by atoms with van der Waals surface area (Å²) < 4.78 is 55.8. The van der Waals surface area contributed by atoms with Crippen LogP contribution in [-0.2, 0) is 57.5 Å². The normalized spacial score (nSPS) is 17.6. The maximum atomic E-state index is 14.0. The third-order valence-corrected chi connectivity index (χ3v) is 18.7. The van der Waals surface area contributed by atoms with Gasteiger partial charge >= 0.3 is 23.9 Å². The van der Waals surface area contributed by atoms with Crippen molar-refractivity contribution in [3.05, 3.63) is 72.1 Å². The molecular weight excluding hydrogens is 1680 g/mol. The van der Waals surface area contributed by atoms with Gasteiger partial charge in [-0.25, -0.2) is 22.4 Å². The quantitative estimate of drug-likeness (QED) is 0.0161. The van der Waals surface area contributed by atoms with Crippen LogP contribution in [0, 0.1) is 66.7 Å². The average molecular weight is 1770 g/mol. The van der Waals surface area contributed by atoms with E-state index in [0.29, 0.717) is 9.80 Å². The van der Waals surface area contributed by atoms with Gasteiger partial charge in [-0.05, 0) is 43.5 Å². The Morgan fingerprint density at radius 2 is 0.946 bits per heavy atom. The molecular formula is C70H87AcF4N18O18+. The topological polar surface area (TPSA) is 506 Å². The minimum absolute atomic E-state index is 0. The molecule has 0 bridgehead atoms. The summed E-state index contributed by atoms with van der Waals surface area (Å²) in [5.41, 5.74) is 0.550. The first-order chi connectivity index (χ1) is 52.2. The maximum Gasteiger partial charge on any atom is 0.362 e. The van der Waals surface area contributed by atoms with Crippen molar-refractivity contribution in [2.45, 2.75) is 107 Å². The zero-order valence-corrected chi connectivity index (χ0v) is 65.4. The molecule has 2 aromatic carbocycles. The van der Waals surface area contributed by atoms with Crippen molar-refractivity contribution in [1.82, 2.24) is 66.4 Å². The molecule has 3 aliphatic rings. The average Bonchev–Trinajstić information content (AvgIpc) is 1.55. The number of amides is 10. The van der Waals surface area contributed by atoms with E-state index in [0.717, 1.165) is 0 Å². The molecule has 2 aromatic heterocycles. The number of rotatable bonds is 35. The Morgan fingerprint density at radius 3 is 1.39 bits per heavy atom. The minimum atomic E-state index is -3.28. The molecule has 111 heavy (non-hydrogen) atoms. The predicted molar refractivity (Wildman–Crippen MR) is 379 cm³/mol. The number of unbranched alkanes of at least 4 members (excludes halogenated alkanes) is 1. The number of pyridine rings is 2. The number of hydrogen-bond acceptors (Lipinski definition) is 21. The fraction of sp³-hybridized carbons (Fsp3) is 0.514. The number of benzene rings is 2. The molecule has 3 saturated heterocycles. The van der Waals surface area contributed by atoms with Crippen molar-refractivity contribution in [3.63, 3.8) is 0 Å². The Hall–Kier alpha value is -10.2. The molecule has 3 fully saturated rings. The summed E-state index contributed by atoms with van der Waals surface area (Å²) in [5, 5.41) is 79.2. The molecule has 2 unspecified atom stereocenters. The number of nitriles is 2. The van der Waals surface area contributed by atoms with Gasteiger partial charge in [0, 0.05) is 177 Å². The van der Waals surface area contributed by atoms with Gasteiger partial charge in [0.1, 0.15) is 18.1 Å². The molecule has 12 N–H and O–H groups in total. The van der Waals surface area contributed by atoms with Gasteiger partial charge in [0.05, 0.1) is 112 Å². The van der Waals surface area contributed by atoms with E-state index >= 15 is 0 Å². The van der Waals surface area contributed by atoms with Gasteiger partial charge in [0.25, 0.3) is 23.7 Å². The number of likely N-dealkylation sites (tertiary alicyclic amines) is 2.